The molecule has 0 aliphatic rings. The molecule has 1 aromatic heterocycles. The van der Waals surface area contributed by atoms with Crippen LogP contribution in [0.5, 0.6) is 5.75 Å². The number of thiophene rings is 1. The molecular weight excluding hydrogens is 390 g/mol. The van der Waals surface area contributed by atoms with Gasteiger partial charge in [0.05, 0.1) is 0 Å². The molecule has 0 saturated carbocycles. The average Bonchev–Trinajstić information content (AvgIpc) is 3.14. The van der Waals surface area contributed by atoms with E-state index in [0.717, 1.165) is 5.75 Å². The lowest BCUT2D eigenvalue weighted by atomic mass is 9.78. The van der Waals surface area contributed by atoms with Gasteiger partial charge in [0.1, 0.15) is 18.5 Å². The summed E-state index contributed by atoms with van der Waals surface area (Å²) >= 11 is 1.74. The van der Waals surface area contributed by atoms with E-state index in [2.05, 4.69) is 103 Å². The molecule has 4 heteroatoms. The van der Waals surface area contributed by atoms with Crippen molar-refractivity contribution < 1.29 is 9.84 Å². The monoisotopic (exact) mass is 429 g/mol. The van der Waals surface area contributed by atoms with Gasteiger partial charge >= 0.3 is 0 Å². The van der Waals surface area contributed by atoms with Crippen LogP contribution in [0.15, 0.2) is 29.6 Å². The van der Waals surface area contributed by atoms with Crippen LogP contribution in [0.1, 0.15) is 77.0 Å². The van der Waals surface area contributed by atoms with Crippen molar-refractivity contribution in [1.29, 1.82) is 0 Å². The van der Waals surface area contributed by atoms with Gasteiger partial charge in [0, 0.05) is 28.6 Å². The number of nitrogens with one attached hydrogen (secondary N) is 1. The van der Waals surface area contributed by atoms with Gasteiger partial charge in [-0.25, -0.2) is 0 Å². The largest absolute Gasteiger partial charge is 0.490 e. The van der Waals surface area contributed by atoms with Gasteiger partial charge in [0.15, 0.2) is 0 Å². The van der Waals surface area contributed by atoms with Crippen LogP contribution in [0.2, 0.25) is 0 Å². The van der Waals surface area contributed by atoms with Crippen LogP contribution in [0.25, 0.3) is 12.2 Å². The Labute approximate surface area is 187 Å². The molecule has 3 nitrogen and oxygen atoms in total. The summed E-state index contributed by atoms with van der Waals surface area (Å²) in [7, 11) is 0. The molecule has 0 bridgehead atoms. The zero-order valence-electron chi connectivity index (χ0n) is 19.9. The van der Waals surface area contributed by atoms with E-state index in [9.17, 15) is 5.11 Å². The van der Waals surface area contributed by atoms with Crippen molar-refractivity contribution in [3.63, 3.8) is 0 Å². The van der Waals surface area contributed by atoms with Gasteiger partial charge in [0.25, 0.3) is 0 Å². The van der Waals surface area contributed by atoms with Crippen LogP contribution < -0.4 is 10.1 Å². The molecule has 0 amide bonds. The number of ether oxygens (including phenoxy) is 1. The first-order valence-corrected chi connectivity index (χ1v) is 11.7. The van der Waals surface area contributed by atoms with Gasteiger partial charge in [-0.2, -0.15) is 0 Å². The number of benzene rings is 1. The Morgan fingerprint density at radius 3 is 2.10 bits per heavy atom. The lowest BCUT2D eigenvalue weighted by molar-refractivity contribution is 0.102. The molecule has 0 spiro atoms. The van der Waals surface area contributed by atoms with Crippen LogP contribution >= 0.6 is 11.3 Å². The number of hydrogen-bond donors (Lipinski definition) is 2. The molecule has 0 saturated heterocycles. The first kappa shape index (κ1) is 24.6. The second kappa shape index (κ2) is 10.1. The van der Waals surface area contributed by atoms with Gasteiger partial charge in [-0.1, -0.05) is 67.5 Å². The third kappa shape index (κ3) is 7.26. The summed E-state index contributed by atoms with van der Waals surface area (Å²) in [5, 5.41) is 15.8. The second-order valence-corrected chi connectivity index (χ2v) is 11.3. The fourth-order valence-electron chi connectivity index (χ4n) is 3.19. The van der Waals surface area contributed by atoms with Crippen molar-refractivity contribution in [2.45, 2.75) is 78.4 Å². The zero-order chi connectivity index (χ0) is 22.5. The van der Waals surface area contributed by atoms with E-state index in [1.807, 2.05) is 0 Å². The zero-order valence-corrected chi connectivity index (χ0v) is 20.7. The first-order chi connectivity index (χ1) is 13.9. The molecule has 2 aromatic rings. The Morgan fingerprint density at radius 2 is 1.63 bits per heavy atom. The highest BCUT2D eigenvalue weighted by Crippen LogP contribution is 2.41. The molecular formula is C26H39NO2S. The number of aliphatic hydroxyl groups is 1. The Hall–Kier alpha value is -1.62. The van der Waals surface area contributed by atoms with Crippen molar-refractivity contribution >= 4 is 23.5 Å². The SMILES string of the molecule is CC(C)NCC(O)COc1c(C(C)(C)C)cc(/C=C/c2cccs2)cc1C(C)(C)C. The van der Waals surface area contributed by atoms with Gasteiger partial charge in [-0.15, -0.1) is 11.3 Å². The van der Waals surface area contributed by atoms with E-state index in [1.165, 1.54) is 21.6 Å². The molecule has 30 heavy (non-hydrogen) atoms. The third-order valence-electron chi connectivity index (χ3n) is 4.89. The fourth-order valence-corrected chi connectivity index (χ4v) is 3.81. The molecule has 2 N–H and O–H groups in total. The van der Waals surface area contributed by atoms with Gasteiger partial charge < -0.3 is 15.2 Å². The van der Waals surface area contributed by atoms with E-state index < -0.39 is 6.10 Å². The summed E-state index contributed by atoms with van der Waals surface area (Å²) in [5.74, 6) is 0.909. The fraction of sp³-hybridized carbons (Fsp3) is 0.538. The molecule has 0 aliphatic carbocycles. The summed E-state index contributed by atoms with van der Waals surface area (Å²) in [6, 6.07) is 8.99. The summed E-state index contributed by atoms with van der Waals surface area (Å²) in [5.41, 5.74) is 3.36. The van der Waals surface area contributed by atoms with E-state index in [4.69, 9.17) is 4.74 Å². The predicted octanol–water partition coefficient (Wildman–Crippen LogP) is 6.25. The summed E-state index contributed by atoms with van der Waals surface area (Å²) in [4.78, 5) is 1.24. The quantitative estimate of drug-likeness (QED) is 0.521. The van der Waals surface area contributed by atoms with Crippen molar-refractivity contribution in [1.82, 2.24) is 5.32 Å². The normalized spacial score (nSPS) is 13.9. The van der Waals surface area contributed by atoms with E-state index in [0.29, 0.717) is 12.6 Å². The van der Waals surface area contributed by atoms with Crippen molar-refractivity contribution in [3.05, 3.63) is 51.2 Å². The summed E-state index contributed by atoms with van der Waals surface area (Å²) in [6.45, 7) is 18.2. The Bertz CT molecular complexity index is 789. The maximum Gasteiger partial charge on any atom is 0.126 e. The molecule has 0 radical (unpaired) electrons. The van der Waals surface area contributed by atoms with Crippen molar-refractivity contribution in [3.8, 4) is 5.75 Å². The molecule has 166 valence electrons. The third-order valence-corrected chi connectivity index (χ3v) is 5.73. The molecule has 2 rings (SSSR count). The highest BCUT2D eigenvalue weighted by atomic mass is 32.1. The van der Waals surface area contributed by atoms with Crippen LogP contribution in [-0.4, -0.2) is 30.4 Å². The topological polar surface area (TPSA) is 41.5 Å². The predicted molar refractivity (Wildman–Crippen MR) is 132 cm³/mol. The standard InChI is InChI=1S/C26H39NO2S/c1-18(2)27-16-20(28)17-29-24-22(25(3,4)5)14-19(15-23(24)26(6,7)8)11-12-21-10-9-13-30-21/h9-15,18,20,27-28H,16-17H2,1-8H3/b12-11+. The lowest BCUT2D eigenvalue weighted by Crippen LogP contribution is -2.35. The van der Waals surface area contributed by atoms with Crippen molar-refractivity contribution in [2.24, 2.45) is 0 Å². The highest BCUT2D eigenvalue weighted by molar-refractivity contribution is 7.10. The Kier molecular flexibility index (Phi) is 8.32. The minimum Gasteiger partial charge on any atom is -0.490 e. The molecule has 1 heterocycles. The highest BCUT2D eigenvalue weighted by Gasteiger charge is 2.28. The maximum absolute atomic E-state index is 10.4. The van der Waals surface area contributed by atoms with Crippen LogP contribution in [-0.2, 0) is 10.8 Å². The number of rotatable bonds is 8. The number of hydrogen-bond acceptors (Lipinski definition) is 4. The van der Waals surface area contributed by atoms with Gasteiger partial charge in [0.2, 0.25) is 0 Å². The maximum atomic E-state index is 10.4. The van der Waals surface area contributed by atoms with Crippen LogP contribution in [0, 0.1) is 0 Å². The minimum atomic E-state index is -0.550. The molecule has 1 unspecified atom stereocenters. The van der Waals surface area contributed by atoms with Gasteiger partial charge in [-0.05, 0) is 46.0 Å². The van der Waals surface area contributed by atoms with Gasteiger partial charge in [-0.3, -0.25) is 0 Å². The smallest absolute Gasteiger partial charge is 0.126 e. The lowest BCUT2D eigenvalue weighted by Gasteiger charge is -2.31. The second-order valence-electron chi connectivity index (χ2n) is 10.3. The Balaban J connectivity index is 2.42. The van der Waals surface area contributed by atoms with Crippen LogP contribution in [0.3, 0.4) is 0 Å². The van der Waals surface area contributed by atoms with Crippen molar-refractivity contribution in [2.75, 3.05) is 13.2 Å². The number of aliphatic hydroxyl groups excluding tert-OH is 1. The molecule has 1 aromatic carbocycles. The van der Waals surface area contributed by atoms with Crippen LogP contribution in [0.4, 0.5) is 0 Å². The van der Waals surface area contributed by atoms with E-state index in [1.54, 1.807) is 11.3 Å². The molecule has 1 atom stereocenters. The first-order valence-electron chi connectivity index (χ1n) is 10.8. The molecule has 0 fully saturated rings. The van der Waals surface area contributed by atoms with E-state index in [-0.39, 0.29) is 17.4 Å². The summed E-state index contributed by atoms with van der Waals surface area (Å²) < 4.78 is 6.31. The summed E-state index contributed by atoms with van der Waals surface area (Å²) in [6.07, 6.45) is 3.80. The molecule has 0 aliphatic heterocycles. The average molecular weight is 430 g/mol. The Morgan fingerprint density at radius 1 is 1.03 bits per heavy atom. The minimum absolute atomic E-state index is 0.0801. The van der Waals surface area contributed by atoms with E-state index >= 15 is 0 Å².